The van der Waals surface area contributed by atoms with Gasteiger partial charge in [-0.3, -0.25) is 4.79 Å². The Balaban J connectivity index is 1.65. The van der Waals surface area contributed by atoms with E-state index in [0.717, 1.165) is 12.8 Å². The van der Waals surface area contributed by atoms with Gasteiger partial charge in [-0.05, 0) is 33.6 Å². The Morgan fingerprint density at radius 3 is 2.80 bits per heavy atom. The number of furan rings is 1. The molecule has 3 aromatic rings. The van der Waals surface area contributed by atoms with E-state index in [2.05, 4.69) is 37.7 Å². The monoisotopic (exact) mass is 342 g/mol. The number of aromatic nitrogens is 4. The zero-order valence-electron chi connectivity index (χ0n) is 14.2. The van der Waals surface area contributed by atoms with Gasteiger partial charge in [0.2, 0.25) is 11.6 Å². The van der Waals surface area contributed by atoms with Crippen LogP contribution >= 0.6 is 0 Å². The number of carbonyl (C=O) groups is 1. The third kappa shape index (κ3) is 2.92. The molecular weight excluding hydrogens is 324 g/mol. The van der Waals surface area contributed by atoms with Gasteiger partial charge in [0.25, 0.3) is 5.91 Å². The van der Waals surface area contributed by atoms with E-state index < -0.39 is 0 Å². The number of nitrogens with one attached hydrogen (secondary N) is 2. The Hall–Kier alpha value is -2.97. The largest absolute Gasteiger partial charge is 0.442 e. The third-order valence-electron chi connectivity index (χ3n) is 4.28. The van der Waals surface area contributed by atoms with Crippen LogP contribution in [0.4, 0.5) is 5.82 Å². The predicted octanol–water partition coefficient (Wildman–Crippen LogP) is 2.12. The molecule has 0 unspecified atom stereocenters. The molecule has 0 radical (unpaired) electrons. The number of rotatable bonds is 5. The van der Waals surface area contributed by atoms with Gasteiger partial charge in [-0.25, -0.2) is 9.97 Å². The van der Waals surface area contributed by atoms with E-state index in [4.69, 9.17) is 8.94 Å². The van der Waals surface area contributed by atoms with E-state index in [1.165, 1.54) is 6.33 Å². The van der Waals surface area contributed by atoms with Crippen molar-refractivity contribution in [2.75, 3.05) is 5.32 Å². The second-order valence-electron chi connectivity index (χ2n) is 6.54. The van der Waals surface area contributed by atoms with Crippen molar-refractivity contribution in [3.05, 3.63) is 29.4 Å². The smallest absolute Gasteiger partial charge is 0.256 e. The van der Waals surface area contributed by atoms with Crippen molar-refractivity contribution in [1.82, 2.24) is 25.4 Å². The van der Waals surface area contributed by atoms with Gasteiger partial charge in [-0.15, -0.1) is 0 Å². The number of aryl methyl sites for hydroxylation is 2. The van der Waals surface area contributed by atoms with E-state index in [9.17, 15) is 4.79 Å². The summed E-state index contributed by atoms with van der Waals surface area (Å²) in [6, 6.07) is 0. The highest BCUT2D eigenvalue weighted by molar-refractivity contribution is 6.10. The van der Waals surface area contributed by atoms with Gasteiger partial charge >= 0.3 is 0 Å². The molecule has 1 saturated carbocycles. The minimum atomic E-state index is -0.300. The molecule has 2 N–H and O–H groups in total. The Morgan fingerprint density at radius 2 is 2.12 bits per heavy atom. The number of carbonyl (C=O) groups excluding carboxylic acids is 1. The van der Waals surface area contributed by atoms with Crippen LogP contribution < -0.4 is 10.6 Å². The van der Waals surface area contributed by atoms with E-state index in [0.29, 0.717) is 40.0 Å². The number of anilines is 1. The average Bonchev–Trinajstić information content (AvgIpc) is 2.99. The second kappa shape index (κ2) is 5.54. The molecule has 3 heterocycles. The van der Waals surface area contributed by atoms with Gasteiger partial charge in [0, 0.05) is 5.54 Å². The normalized spacial score (nSPS) is 15.3. The molecule has 25 heavy (non-hydrogen) atoms. The second-order valence-corrected chi connectivity index (χ2v) is 6.54. The van der Waals surface area contributed by atoms with Gasteiger partial charge in [0.15, 0.2) is 5.82 Å². The lowest BCUT2D eigenvalue weighted by Gasteiger charge is -2.13. The Morgan fingerprint density at radius 1 is 1.32 bits per heavy atom. The summed E-state index contributed by atoms with van der Waals surface area (Å²) >= 11 is 0. The molecule has 0 bridgehead atoms. The van der Waals surface area contributed by atoms with Gasteiger partial charge in [-0.1, -0.05) is 5.16 Å². The summed E-state index contributed by atoms with van der Waals surface area (Å²) < 4.78 is 10.7. The fourth-order valence-electron chi connectivity index (χ4n) is 2.67. The molecule has 0 spiro atoms. The van der Waals surface area contributed by atoms with Crippen LogP contribution in [0.2, 0.25) is 0 Å². The quantitative estimate of drug-likeness (QED) is 0.723. The molecule has 130 valence electrons. The highest BCUT2D eigenvalue weighted by atomic mass is 16.5. The van der Waals surface area contributed by atoms with Gasteiger partial charge < -0.3 is 19.6 Å². The maximum absolute atomic E-state index is 12.7. The first kappa shape index (κ1) is 15.6. The van der Waals surface area contributed by atoms with Crippen LogP contribution in [-0.4, -0.2) is 31.6 Å². The number of hydrogen-bond donors (Lipinski definition) is 2. The summed E-state index contributed by atoms with van der Waals surface area (Å²) in [7, 11) is 0. The minimum Gasteiger partial charge on any atom is -0.442 e. The lowest BCUT2D eigenvalue weighted by Crippen LogP contribution is -2.24. The molecule has 0 aliphatic heterocycles. The lowest BCUT2D eigenvalue weighted by molar-refractivity contribution is 0.0946. The lowest BCUT2D eigenvalue weighted by atomic mass is 10.1. The summed E-state index contributed by atoms with van der Waals surface area (Å²) in [5.74, 6) is 1.66. The molecular formula is C16H18N6O3. The molecule has 1 aliphatic rings. The third-order valence-corrected chi connectivity index (χ3v) is 4.28. The van der Waals surface area contributed by atoms with Crippen LogP contribution in [0.25, 0.3) is 11.1 Å². The van der Waals surface area contributed by atoms with Crippen molar-refractivity contribution in [2.45, 2.75) is 45.7 Å². The van der Waals surface area contributed by atoms with Crippen molar-refractivity contribution < 1.29 is 13.7 Å². The van der Waals surface area contributed by atoms with E-state index in [1.54, 1.807) is 13.8 Å². The van der Waals surface area contributed by atoms with Crippen molar-refractivity contribution >= 4 is 22.8 Å². The summed E-state index contributed by atoms with van der Waals surface area (Å²) in [5, 5.41) is 10.5. The molecule has 0 aromatic carbocycles. The highest BCUT2D eigenvalue weighted by Crippen LogP contribution is 2.40. The molecule has 0 saturated heterocycles. The van der Waals surface area contributed by atoms with Gasteiger partial charge in [-0.2, -0.15) is 4.98 Å². The number of amides is 1. The summed E-state index contributed by atoms with van der Waals surface area (Å²) in [6.07, 6.45) is 3.56. The molecule has 3 aromatic heterocycles. The molecule has 0 atom stereocenters. The average molecular weight is 342 g/mol. The topological polar surface area (TPSA) is 119 Å². The first-order valence-corrected chi connectivity index (χ1v) is 8.05. The van der Waals surface area contributed by atoms with E-state index in [-0.39, 0.29) is 18.0 Å². The fraction of sp³-hybridized carbons (Fsp3) is 0.438. The van der Waals surface area contributed by atoms with Crippen molar-refractivity contribution in [3.8, 4) is 0 Å². The Kier molecular flexibility index (Phi) is 3.45. The molecule has 9 heteroatoms. The SMILES string of the molecule is Cc1noc(CNC(=O)c2c(C)oc3ncnc(NC4(C)CC4)c23)n1. The van der Waals surface area contributed by atoms with Crippen LogP contribution in [0.5, 0.6) is 0 Å². The molecule has 1 aliphatic carbocycles. The molecule has 9 nitrogen and oxygen atoms in total. The van der Waals surface area contributed by atoms with Crippen LogP contribution in [0.3, 0.4) is 0 Å². The van der Waals surface area contributed by atoms with E-state index in [1.807, 2.05) is 0 Å². The highest BCUT2D eigenvalue weighted by Gasteiger charge is 2.38. The van der Waals surface area contributed by atoms with Gasteiger partial charge in [0.1, 0.15) is 17.9 Å². The predicted molar refractivity (Wildman–Crippen MR) is 88.0 cm³/mol. The summed E-state index contributed by atoms with van der Waals surface area (Å²) in [4.78, 5) is 25.2. The zero-order valence-corrected chi connectivity index (χ0v) is 14.2. The zero-order chi connectivity index (χ0) is 17.6. The van der Waals surface area contributed by atoms with Crippen LogP contribution in [0, 0.1) is 13.8 Å². The molecule has 4 rings (SSSR count). The number of hydrogen-bond acceptors (Lipinski definition) is 8. The summed E-state index contributed by atoms with van der Waals surface area (Å²) in [5.41, 5.74) is 0.818. The van der Waals surface area contributed by atoms with Crippen LogP contribution in [0.15, 0.2) is 15.3 Å². The first-order chi connectivity index (χ1) is 12.0. The first-order valence-electron chi connectivity index (χ1n) is 8.05. The van der Waals surface area contributed by atoms with Crippen molar-refractivity contribution in [1.29, 1.82) is 0 Å². The minimum absolute atomic E-state index is 0.0154. The van der Waals surface area contributed by atoms with Gasteiger partial charge in [0.05, 0.1) is 17.5 Å². The fourth-order valence-corrected chi connectivity index (χ4v) is 2.67. The number of nitrogens with zero attached hydrogens (tertiary/aromatic N) is 4. The van der Waals surface area contributed by atoms with E-state index >= 15 is 0 Å². The molecule has 1 amide bonds. The maximum Gasteiger partial charge on any atom is 0.256 e. The van der Waals surface area contributed by atoms with Crippen LogP contribution in [0.1, 0.15) is 47.6 Å². The molecule has 1 fully saturated rings. The van der Waals surface area contributed by atoms with Crippen molar-refractivity contribution in [3.63, 3.8) is 0 Å². The number of fused-ring (bicyclic) bond motifs is 1. The van der Waals surface area contributed by atoms with Crippen molar-refractivity contribution in [2.24, 2.45) is 0 Å². The van der Waals surface area contributed by atoms with Crippen LogP contribution in [-0.2, 0) is 6.54 Å². The Labute approximate surface area is 143 Å². The maximum atomic E-state index is 12.7. The standard InChI is InChI=1S/C16H18N6O3/c1-8-11(14(23)17-6-10-20-9(2)22-25-10)12-13(21-16(3)4-5-16)18-7-19-15(12)24-8/h7H,4-6H2,1-3H3,(H,17,23)(H,18,19,21). The Bertz CT molecular complexity index is 956. The summed E-state index contributed by atoms with van der Waals surface area (Å²) in [6.45, 7) is 5.71.